The van der Waals surface area contributed by atoms with E-state index in [1.807, 2.05) is 0 Å². The number of para-hydroxylation sites is 1. The average molecular weight is 460 g/mol. The van der Waals surface area contributed by atoms with E-state index in [4.69, 9.17) is 11.5 Å². The number of nitrogen functional groups attached to an aromatic ring is 1. The number of nitrogens with zero attached hydrogens (tertiary/aromatic N) is 1. The number of rotatable bonds is 7. The van der Waals surface area contributed by atoms with Gasteiger partial charge in [0.25, 0.3) is 0 Å². The van der Waals surface area contributed by atoms with Crippen molar-refractivity contribution in [3.8, 4) is 0 Å². The normalized spacial score (nSPS) is 34.9. The number of sulfonamides is 1. The van der Waals surface area contributed by atoms with Crippen LogP contribution in [0, 0.1) is 22.7 Å². The maximum absolute atomic E-state index is 13.9. The lowest BCUT2D eigenvalue weighted by Gasteiger charge is -2.61. The Balaban J connectivity index is 1.44. The molecule has 5 fully saturated rings. The molecule has 4 bridgehead atoms. The van der Waals surface area contributed by atoms with Gasteiger partial charge in [-0.3, -0.25) is 9.59 Å². The van der Waals surface area contributed by atoms with E-state index < -0.39 is 21.0 Å². The van der Waals surface area contributed by atoms with Crippen LogP contribution in [-0.2, 0) is 19.6 Å². The third-order valence-corrected chi connectivity index (χ3v) is 11.1. The van der Waals surface area contributed by atoms with Crippen LogP contribution >= 0.6 is 0 Å². The summed E-state index contributed by atoms with van der Waals surface area (Å²) < 4.78 is 28.1. The van der Waals surface area contributed by atoms with E-state index >= 15 is 0 Å². The van der Waals surface area contributed by atoms with Crippen LogP contribution in [0.25, 0.3) is 0 Å². The van der Waals surface area contributed by atoms with E-state index in [1.165, 1.54) is 17.4 Å². The standard InChI is InChI=1S/C24H33N3O4S/c1-27(32(30,31)19-6-3-2-5-18(19)25)24(7-4-8-24)20(28)14-22-10-16-9-17(11-22)13-23(12-16,15-22)21(26)29/h2-3,5-6,16-17H,4,7-15,25H2,1H3,(H2,26,29). The van der Waals surface area contributed by atoms with Gasteiger partial charge in [0, 0.05) is 13.5 Å². The van der Waals surface area contributed by atoms with Gasteiger partial charge >= 0.3 is 0 Å². The fourth-order valence-electron chi connectivity index (χ4n) is 7.83. The zero-order chi connectivity index (χ0) is 22.9. The molecule has 8 heteroatoms. The van der Waals surface area contributed by atoms with Crippen molar-refractivity contribution < 1.29 is 18.0 Å². The molecule has 4 N–H and O–H groups in total. The number of nitrogens with two attached hydrogens (primary N) is 2. The number of carbonyl (C=O) groups is 2. The summed E-state index contributed by atoms with van der Waals surface area (Å²) in [6, 6.07) is 6.40. The molecule has 7 nitrogen and oxygen atoms in total. The first kappa shape index (κ1) is 21.9. The predicted octanol–water partition coefficient (Wildman–Crippen LogP) is 2.84. The largest absolute Gasteiger partial charge is 0.398 e. The Bertz CT molecular complexity index is 1060. The van der Waals surface area contributed by atoms with Gasteiger partial charge in [0.15, 0.2) is 5.78 Å². The van der Waals surface area contributed by atoms with Crippen molar-refractivity contribution in [1.29, 1.82) is 0 Å². The van der Waals surface area contributed by atoms with Gasteiger partial charge in [0.05, 0.1) is 16.6 Å². The van der Waals surface area contributed by atoms with E-state index in [1.54, 1.807) is 18.2 Å². The quantitative estimate of drug-likeness (QED) is 0.607. The summed E-state index contributed by atoms with van der Waals surface area (Å²) in [5, 5.41) is 0. The fourth-order valence-corrected chi connectivity index (χ4v) is 9.48. The van der Waals surface area contributed by atoms with E-state index in [2.05, 4.69) is 0 Å². The molecule has 5 aliphatic carbocycles. The number of primary amides is 1. The van der Waals surface area contributed by atoms with Crippen molar-refractivity contribution in [1.82, 2.24) is 4.31 Å². The van der Waals surface area contributed by atoms with E-state index in [9.17, 15) is 18.0 Å². The lowest BCUT2D eigenvalue weighted by Crippen LogP contribution is -2.62. The molecule has 1 amide bonds. The molecule has 5 saturated carbocycles. The number of Topliss-reactive ketones (excluding diaryl/α,β-unsaturated/α-hetero) is 1. The number of hydrogen-bond acceptors (Lipinski definition) is 5. The molecule has 174 valence electrons. The molecule has 1 aromatic rings. The molecule has 1 aromatic carbocycles. The van der Waals surface area contributed by atoms with Crippen molar-refractivity contribution in [2.24, 2.45) is 28.4 Å². The third kappa shape index (κ3) is 3.05. The Morgan fingerprint density at radius 2 is 1.72 bits per heavy atom. The molecule has 0 aromatic heterocycles. The Kier molecular flexibility index (Phi) is 4.81. The summed E-state index contributed by atoms with van der Waals surface area (Å²) in [6.07, 6.45) is 7.59. The molecule has 0 aliphatic heterocycles. The van der Waals surface area contributed by atoms with Crippen LogP contribution in [0.2, 0.25) is 0 Å². The second kappa shape index (κ2) is 7.03. The van der Waals surface area contributed by atoms with E-state index in [-0.39, 0.29) is 27.7 Å². The SMILES string of the molecule is CN(C1(C(=O)CC23CC4CC(C2)CC(C(N)=O)(C4)C3)CCC1)S(=O)(=O)c1ccccc1N. The smallest absolute Gasteiger partial charge is 0.245 e. The van der Waals surface area contributed by atoms with Crippen LogP contribution in [0.15, 0.2) is 29.2 Å². The highest BCUT2D eigenvalue weighted by Crippen LogP contribution is 2.66. The number of benzene rings is 1. The van der Waals surface area contributed by atoms with Crippen molar-refractivity contribution in [2.75, 3.05) is 12.8 Å². The highest BCUT2D eigenvalue weighted by Gasteiger charge is 2.62. The van der Waals surface area contributed by atoms with Gasteiger partial charge in [-0.2, -0.15) is 4.31 Å². The summed E-state index contributed by atoms with van der Waals surface area (Å²) in [5.74, 6) is 0.658. The summed E-state index contributed by atoms with van der Waals surface area (Å²) in [6.45, 7) is 0. The van der Waals surface area contributed by atoms with Crippen LogP contribution in [-0.4, -0.2) is 37.0 Å². The number of likely N-dealkylation sites (N-methyl/N-ethyl adjacent to an activating group) is 1. The average Bonchev–Trinajstić information content (AvgIpc) is 2.65. The second-order valence-corrected chi connectivity index (χ2v) is 13.0. The van der Waals surface area contributed by atoms with Crippen molar-refractivity contribution in [2.45, 2.75) is 74.6 Å². The maximum Gasteiger partial charge on any atom is 0.245 e. The van der Waals surface area contributed by atoms with Gasteiger partial charge in [-0.1, -0.05) is 12.1 Å². The highest BCUT2D eigenvalue weighted by atomic mass is 32.2. The van der Waals surface area contributed by atoms with Crippen molar-refractivity contribution >= 4 is 27.4 Å². The molecule has 0 radical (unpaired) electrons. The maximum atomic E-state index is 13.9. The summed E-state index contributed by atoms with van der Waals surface area (Å²) in [5.41, 5.74) is 10.3. The molecular weight excluding hydrogens is 426 g/mol. The van der Waals surface area contributed by atoms with Crippen molar-refractivity contribution in [3.63, 3.8) is 0 Å². The van der Waals surface area contributed by atoms with Gasteiger partial charge in [-0.15, -0.1) is 0 Å². The second-order valence-electron chi connectivity index (χ2n) is 11.1. The molecule has 2 unspecified atom stereocenters. The molecule has 0 saturated heterocycles. The van der Waals surface area contributed by atoms with Crippen LogP contribution in [0.3, 0.4) is 0 Å². The predicted molar refractivity (Wildman–Crippen MR) is 121 cm³/mol. The molecular formula is C24H33N3O4S. The minimum atomic E-state index is -3.91. The topological polar surface area (TPSA) is 124 Å². The Hall–Kier alpha value is -1.93. The number of hydrogen-bond donors (Lipinski definition) is 2. The van der Waals surface area contributed by atoms with Crippen LogP contribution in [0.1, 0.15) is 64.2 Å². The zero-order valence-electron chi connectivity index (χ0n) is 18.7. The first-order chi connectivity index (χ1) is 15.0. The summed E-state index contributed by atoms with van der Waals surface area (Å²) in [7, 11) is -2.39. The van der Waals surface area contributed by atoms with Gasteiger partial charge in [0.1, 0.15) is 4.90 Å². The zero-order valence-corrected chi connectivity index (χ0v) is 19.5. The lowest BCUT2D eigenvalue weighted by molar-refractivity contribution is -0.161. The first-order valence-corrected chi connectivity index (χ1v) is 13.1. The van der Waals surface area contributed by atoms with Gasteiger partial charge < -0.3 is 11.5 Å². The summed E-state index contributed by atoms with van der Waals surface area (Å²) in [4.78, 5) is 26.3. The molecule has 6 rings (SSSR count). The first-order valence-electron chi connectivity index (χ1n) is 11.7. The van der Waals surface area contributed by atoms with Crippen LogP contribution < -0.4 is 11.5 Å². The van der Waals surface area contributed by atoms with Gasteiger partial charge in [-0.25, -0.2) is 8.42 Å². The summed E-state index contributed by atoms with van der Waals surface area (Å²) >= 11 is 0. The number of anilines is 1. The third-order valence-electron chi connectivity index (χ3n) is 9.10. The Labute approximate surface area is 190 Å². The molecule has 0 spiro atoms. The molecule has 5 aliphatic rings. The Morgan fingerprint density at radius 1 is 1.09 bits per heavy atom. The van der Waals surface area contributed by atoms with E-state index in [0.29, 0.717) is 37.5 Å². The number of carbonyl (C=O) groups excluding carboxylic acids is 2. The minimum Gasteiger partial charge on any atom is -0.398 e. The van der Waals surface area contributed by atoms with Gasteiger partial charge in [-0.05, 0) is 87.2 Å². The number of ketones is 1. The van der Waals surface area contributed by atoms with Crippen LogP contribution in [0.5, 0.6) is 0 Å². The van der Waals surface area contributed by atoms with E-state index in [0.717, 1.165) is 38.5 Å². The lowest BCUT2D eigenvalue weighted by atomic mass is 9.43. The fraction of sp³-hybridized carbons (Fsp3) is 0.667. The molecule has 0 heterocycles. The van der Waals surface area contributed by atoms with Gasteiger partial charge in [0.2, 0.25) is 15.9 Å². The highest BCUT2D eigenvalue weighted by molar-refractivity contribution is 7.89. The monoisotopic (exact) mass is 459 g/mol. The van der Waals surface area contributed by atoms with Crippen molar-refractivity contribution in [3.05, 3.63) is 24.3 Å². The van der Waals surface area contributed by atoms with Crippen LogP contribution in [0.4, 0.5) is 5.69 Å². The minimum absolute atomic E-state index is 0.00843. The number of amides is 1. The molecule has 2 atom stereocenters. The molecule has 32 heavy (non-hydrogen) atoms. The Morgan fingerprint density at radius 3 is 2.25 bits per heavy atom.